The largest absolute Gasteiger partial charge is 0.273 e. The molecule has 0 saturated heterocycles. The van der Waals surface area contributed by atoms with Crippen LogP contribution in [0.5, 0.6) is 0 Å². The molecule has 0 N–H and O–H groups in total. The van der Waals surface area contributed by atoms with Crippen molar-refractivity contribution in [2.24, 2.45) is 0 Å². The van der Waals surface area contributed by atoms with E-state index in [1.807, 2.05) is 12.2 Å². The maximum Gasteiger partial charge on any atom is 0 e. The van der Waals surface area contributed by atoms with Gasteiger partial charge in [0, 0.05) is 17.1 Å². The van der Waals surface area contributed by atoms with Gasteiger partial charge in [-0.15, -0.1) is 6.42 Å². The smallest absolute Gasteiger partial charge is 0 e. The number of hydrogen-bond acceptors (Lipinski definition) is 0. The zero-order chi connectivity index (χ0) is 9.78. The van der Waals surface area contributed by atoms with Crippen molar-refractivity contribution in [3.8, 4) is 0 Å². The van der Waals surface area contributed by atoms with Crippen molar-refractivity contribution >= 4 is 0 Å². The number of unbranched alkanes of at least 4 members (excludes halogenated alkanes) is 5. The Balaban J connectivity index is 0. The summed E-state index contributed by atoms with van der Waals surface area (Å²) in [5, 5.41) is 0. The second-order valence-electron chi connectivity index (χ2n) is 3.42. The Morgan fingerprint density at radius 2 is 1.57 bits per heavy atom. The minimum Gasteiger partial charge on any atom is -0.273 e. The zero-order valence-electron chi connectivity index (χ0n) is 9.56. The first-order chi connectivity index (χ1) is 6.41. The average molecular weight is 234 g/mol. The maximum atomic E-state index is 2.99. The molecular weight excluding hydrogens is 211 g/mol. The van der Waals surface area contributed by atoms with E-state index in [9.17, 15) is 0 Å². The van der Waals surface area contributed by atoms with Gasteiger partial charge in [0.1, 0.15) is 0 Å². The van der Waals surface area contributed by atoms with Gasteiger partial charge in [-0.2, -0.15) is 6.08 Å². The SMILES string of the molecule is CCCCCCCC.[C-]1=CC=CC1.[Mn]. The number of hydrogen-bond donors (Lipinski definition) is 0. The molecule has 0 aromatic carbocycles. The van der Waals surface area contributed by atoms with E-state index in [4.69, 9.17) is 0 Å². The summed E-state index contributed by atoms with van der Waals surface area (Å²) in [6.45, 7) is 4.51. The van der Waals surface area contributed by atoms with Crippen molar-refractivity contribution in [1.82, 2.24) is 0 Å². The Kier molecular flexibility index (Phi) is 18.2. The minimum absolute atomic E-state index is 0. The van der Waals surface area contributed by atoms with Gasteiger partial charge >= 0.3 is 0 Å². The molecule has 1 heteroatoms. The standard InChI is InChI=1S/C8H18.C5H5.Mn/c1-3-5-7-8-6-4-2;1-2-4-5-3-1;/h3-8H2,1-2H3;1-3H,4H2;/q;-1;. The summed E-state index contributed by atoms with van der Waals surface area (Å²) in [5.74, 6) is 0. The van der Waals surface area contributed by atoms with Crippen molar-refractivity contribution in [2.75, 3.05) is 0 Å². The van der Waals surface area contributed by atoms with Gasteiger partial charge in [0.25, 0.3) is 0 Å². The fourth-order valence-electron chi connectivity index (χ4n) is 1.19. The van der Waals surface area contributed by atoms with Crippen molar-refractivity contribution in [2.45, 2.75) is 58.8 Å². The van der Waals surface area contributed by atoms with Gasteiger partial charge in [-0.1, -0.05) is 52.4 Å². The summed E-state index contributed by atoms with van der Waals surface area (Å²) in [7, 11) is 0. The molecule has 0 bridgehead atoms. The van der Waals surface area contributed by atoms with Crippen LogP contribution in [-0.4, -0.2) is 0 Å². The third-order valence-electron chi connectivity index (χ3n) is 2.04. The van der Waals surface area contributed by atoms with Crippen molar-refractivity contribution in [1.29, 1.82) is 0 Å². The van der Waals surface area contributed by atoms with E-state index in [0.717, 1.165) is 6.42 Å². The van der Waals surface area contributed by atoms with Gasteiger partial charge < -0.3 is 0 Å². The molecular formula is C13H23Mn-. The summed E-state index contributed by atoms with van der Waals surface area (Å²) < 4.78 is 0. The quantitative estimate of drug-likeness (QED) is 0.368. The van der Waals surface area contributed by atoms with Crippen molar-refractivity contribution < 1.29 is 17.1 Å². The summed E-state index contributed by atoms with van der Waals surface area (Å²) in [6, 6.07) is 0. The predicted molar refractivity (Wildman–Crippen MR) is 60.6 cm³/mol. The van der Waals surface area contributed by atoms with E-state index in [2.05, 4.69) is 26.0 Å². The van der Waals surface area contributed by atoms with Crippen molar-refractivity contribution in [3.63, 3.8) is 0 Å². The Bertz CT molecular complexity index is 120. The zero-order valence-corrected chi connectivity index (χ0v) is 10.7. The van der Waals surface area contributed by atoms with Crippen LogP contribution < -0.4 is 0 Å². The Hall–Kier alpha value is -0.000519. The van der Waals surface area contributed by atoms with E-state index < -0.39 is 0 Å². The summed E-state index contributed by atoms with van der Waals surface area (Å²) in [4.78, 5) is 0. The molecule has 0 saturated carbocycles. The Morgan fingerprint density at radius 3 is 1.79 bits per heavy atom. The molecule has 1 aliphatic carbocycles. The molecule has 0 fully saturated rings. The molecule has 1 rings (SSSR count). The average Bonchev–Trinajstić information content (AvgIpc) is 2.70. The van der Waals surface area contributed by atoms with Gasteiger partial charge in [-0.05, 0) is 0 Å². The van der Waals surface area contributed by atoms with Gasteiger partial charge in [0.05, 0.1) is 0 Å². The summed E-state index contributed by atoms with van der Waals surface area (Å²) in [6.07, 6.45) is 18.5. The van der Waals surface area contributed by atoms with Crippen LogP contribution in [0.25, 0.3) is 0 Å². The molecule has 1 radical (unpaired) electrons. The van der Waals surface area contributed by atoms with E-state index in [1.54, 1.807) is 0 Å². The van der Waals surface area contributed by atoms with Crippen LogP contribution in [0.4, 0.5) is 0 Å². The summed E-state index contributed by atoms with van der Waals surface area (Å²) in [5.41, 5.74) is 0. The fourth-order valence-corrected chi connectivity index (χ4v) is 1.19. The molecule has 83 valence electrons. The first kappa shape index (κ1) is 16.4. The first-order valence-corrected chi connectivity index (χ1v) is 5.63. The molecule has 0 atom stereocenters. The molecule has 0 unspecified atom stereocenters. The Labute approximate surface area is 100 Å². The van der Waals surface area contributed by atoms with Crippen LogP contribution in [0, 0.1) is 6.08 Å². The summed E-state index contributed by atoms with van der Waals surface area (Å²) >= 11 is 0. The van der Waals surface area contributed by atoms with Crippen LogP contribution in [0.15, 0.2) is 18.2 Å². The molecule has 14 heavy (non-hydrogen) atoms. The van der Waals surface area contributed by atoms with E-state index in [1.165, 1.54) is 38.5 Å². The van der Waals surface area contributed by atoms with Crippen LogP contribution in [0.3, 0.4) is 0 Å². The van der Waals surface area contributed by atoms with Gasteiger partial charge in [-0.3, -0.25) is 6.08 Å². The third-order valence-corrected chi connectivity index (χ3v) is 2.04. The minimum atomic E-state index is 0. The molecule has 0 amide bonds. The molecule has 0 aliphatic heterocycles. The van der Waals surface area contributed by atoms with Crippen LogP contribution in [-0.2, 0) is 17.1 Å². The van der Waals surface area contributed by atoms with Crippen LogP contribution in [0.2, 0.25) is 0 Å². The van der Waals surface area contributed by atoms with Gasteiger partial charge in [-0.25, -0.2) is 12.2 Å². The van der Waals surface area contributed by atoms with Crippen LogP contribution in [0.1, 0.15) is 58.8 Å². The topological polar surface area (TPSA) is 0 Å². The monoisotopic (exact) mass is 234 g/mol. The third kappa shape index (κ3) is 14.5. The predicted octanol–water partition coefficient (Wildman–Crippen LogP) is 4.67. The van der Waals surface area contributed by atoms with E-state index >= 15 is 0 Å². The van der Waals surface area contributed by atoms with E-state index in [-0.39, 0.29) is 17.1 Å². The first-order valence-electron chi connectivity index (χ1n) is 5.63. The number of allylic oxidation sites excluding steroid dienone is 4. The molecule has 0 heterocycles. The Morgan fingerprint density at radius 1 is 1.00 bits per heavy atom. The normalized spacial score (nSPS) is 11.9. The van der Waals surface area contributed by atoms with Crippen molar-refractivity contribution in [3.05, 3.63) is 24.3 Å². The maximum absolute atomic E-state index is 2.99. The molecule has 0 aromatic rings. The van der Waals surface area contributed by atoms with E-state index in [0.29, 0.717) is 0 Å². The number of rotatable bonds is 5. The van der Waals surface area contributed by atoms with Gasteiger partial charge in [0.15, 0.2) is 0 Å². The van der Waals surface area contributed by atoms with Gasteiger partial charge in [0.2, 0.25) is 0 Å². The molecule has 1 aliphatic rings. The molecule has 0 aromatic heterocycles. The van der Waals surface area contributed by atoms with Crippen LogP contribution >= 0.6 is 0 Å². The second kappa shape index (κ2) is 15.5. The molecule has 0 spiro atoms. The fraction of sp³-hybridized carbons (Fsp3) is 0.692. The second-order valence-corrected chi connectivity index (χ2v) is 3.42. The molecule has 0 nitrogen and oxygen atoms in total.